The van der Waals surface area contributed by atoms with Gasteiger partial charge in [0, 0.05) is 25.8 Å². The van der Waals surface area contributed by atoms with Gasteiger partial charge in [0.05, 0.1) is 0 Å². The van der Waals surface area contributed by atoms with Crippen molar-refractivity contribution in [2.24, 2.45) is 11.8 Å². The van der Waals surface area contributed by atoms with Crippen LogP contribution < -0.4 is 0 Å². The summed E-state index contributed by atoms with van der Waals surface area (Å²) in [6, 6.07) is 0. The van der Waals surface area contributed by atoms with E-state index in [2.05, 4.69) is 64.2 Å². The van der Waals surface area contributed by atoms with Gasteiger partial charge in [-0.1, -0.05) is 39.5 Å². The van der Waals surface area contributed by atoms with Crippen molar-refractivity contribution in [1.82, 2.24) is 0 Å². The third kappa shape index (κ3) is 10.6. The van der Waals surface area contributed by atoms with Gasteiger partial charge in [0.25, 0.3) is 0 Å². The van der Waals surface area contributed by atoms with E-state index in [9.17, 15) is 0 Å². The van der Waals surface area contributed by atoms with Crippen LogP contribution in [0.2, 0.25) is 0 Å². The maximum absolute atomic E-state index is 3.26. The largest absolute Gasteiger partial charge is 0.269 e. The molecule has 0 aromatic carbocycles. The van der Waals surface area contributed by atoms with Crippen molar-refractivity contribution in [2.75, 3.05) is 0 Å². The summed E-state index contributed by atoms with van der Waals surface area (Å²) in [4.78, 5) is 0. The van der Waals surface area contributed by atoms with Crippen molar-refractivity contribution in [3.8, 4) is 0 Å². The Morgan fingerprint density at radius 2 is 1.11 bits per heavy atom. The Labute approximate surface area is 172 Å². The molecule has 0 aromatic rings. The van der Waals surface area contributed by atoms with Crippen LogP contribution in [0.1, 0.15) is 40.5 Å². The van der Waals surface area contributed by atoms with Crippen molar-refractivity contribution in [3.63, 3.8) is 0 Å². The average Bonchev–Trinajstić information content (AvgIpc) is 2.93. The summed E-state index contributed by atoms with van der Waals surface area (Å²) in [5.74, 6) is 1.32. The molecule has 0 spiro atoms. The minimum Gasteiger partial charge on any atom is -0.269 e. The number of halogens is 2. The molecule has 0 aliphatic heterocycles. The van der Waals surface area contributed by atoms with Crippen LogP contribution in [-0.4, -0.2) is 0 Å². The summed E-state index contributed by atoms with van der Waals surface area (Å²) in [6.07, 6.45) is 17.2. The third-order valence-corrected chi connectivity index (χ3v) is 2.69. The van der Waals surface area contributed by atoms with Crippen LogP contribution >= 0.6 is 48.0 Å². The van der Waals surface area contributed by atoms with Gasteiger partial charge in [-0.15, -0.1) is 60.8 Å². The number of hydrogen-bond acceptors (Lipinski definition) is 0. The number of rotatable bonds is 2. The average molecular weight is 649 g/mol. The summed E-state index contributed by atoms with van der Waals surface area (Å²) in [6.45, 7) is 8.77. The van der Waals surface area contributed by atoms with E-state index in [-0.39, 0.29) is 73.8 Å². The molecule has 0 saturated heterocycles. The van der Waals surface area contributed by atoms with Gasteiger partial charge in [0.1, 0.15) is 0 Å². The minimum absolute atomic E-state index is 0. The van der Waals surface area contributed by atoms with Crippen LogP contribution in [-0.2, 0) is 25.8 Å². The summed E-state index contributed by atoms with van der Waals surface area (Å²) in [5, 5.41) is 0. The monoisotopic (exact) mass is 650 g/mol. The minimum atomic E-state index is 0. The second-order valence-electron chi connectivity index (χ2n) is 4.79. The van der Waals surface area contributed by atoms with Crippen LogP contribution in [0, 0.1) is 24.0 Å². The van der Waals surface area contributed by atoms with Crippen LogP contribution in [0.15, 0.2) is 35.5 Å². The van der Waals surface area contributed by atoms with Crippen molar-refractivity contribution in [1.29, 1.82) is 0 Å². The first kappa shape index (κ1) is 25.3. The van der Waals surface area contributed by atoms with E-state index in [0.717, 1.165) is 12.8 Å². The second kappa shape index (κ2) is 14.2. The molecule has 0 N–H and O–H groups in total. The fraction of sp³-hybridized carbons (Fsp3) is 0.500. The molecule has 0 nitrogen and oxygen atoms in total. The van der Waals surface area contributed by atoms with Gasteiger partial charge in [0.15, 0.2) is 0 Å². The molecule has 0 atom stereocenters. The zero-order valence-corrected chi connectivity index (χ0v) is 20.4. The van der Waals surface area contributed by atoms with Crippen molar-refractivity contribution in [2.45, 2.75) is 40.5 Å². The Morgan fingerprint density at radius 1 is 0.789 bits per heavy atom. The molecule has 19 heavy (non-hydrogen) atoms. The van der Waals surface area contributed by atoms with E-state index in [4.69, 9.17) is 0 Å². The number of hydrogen-bond donors (Lipinski definition) is 0. The summed E-state index contributed by atoms with van der Waals surface area (Å²) in [7, 11) is 0. The third-order valence-electron chi connectivity index (χ3n) is 2.69. The van der Waals surface area contributed by atoms with Gasteiger partial charge < -0.3 is 0 Å². The summed E-state index contributed by atoms with van der Waals surface area (Å²) in [5.41, 5.74) is 2.73. The Bertz CT molecular complexity index is 303. The van der Waals surface area contributed by atoms with Crippen LogP contribution in [0.4, 0.5) is 0 Å². The molecule has 108 valence electrons. The molecular formula is C16H24HfI2-2. The molecular weight excluding hydrogens is 624 g/mol. The second-order valence-corrected chi connectivity index (χ2v) is 4.79. The normalized spacial score (nSPS) is 14.8. The van der Waals surface area contributed by atoms with Crippen molar-refractivity contribution in [3.05, 3.63) is 47.6 Å². The standard InChI is InChI=1S/2C8H11.Hf.2HI/c2*1-7(2)8-5-3-4-6-8;;;/h2*3,5,7H,4H2,1-2H3;;2*1H/q2*-1;;;. The molecule has 3 heteroatoms. The summed E-state index contributed by atoms with van der Waals surface area (Å²) < 4.78 is 0. The zero-order valence-electron chi connectivity index (χ0n) is 12.2. The Balaban J connectivity index is -0.000000233. The maximum Gasteiger partial charge on any atom is 0 e. The molecule has 2 aliphatic rings. The SMILES string of the molecule is CC(C)C1=[C-]CC=C1.CC(C)C1=[C-]CC=C1.I.I.[Hf]. The van der Waals surface area contributed by atoms with Crippen LogP contribution in [0.5, 0.6) is 0 Å². The molecule has 0 aromatic heterocycles. The molecule has 2 rings (SSSR count). The van der Waals surface area contributed by atoms with Crippen LogP contribution in [0.3, 0.4) is 0 Å². The first-order valence-electron chi connectivity index (χ1n) is 6.15. The molecule has 0 fully saturated rings. The van der Waals surface area contributed by atoms with Gasteiger partial charge in [-0.05, 0) is 0 Å². The smallest absolute Gasteiger partial charge is 0 e. The number of allylic oxidation sites excluding steroid dienone is 8. The van der Waals surface area contributed by atoms with Crippen molar-refractivity contribution >= 4 is 48.0 Å². The molecule has 0 amide bonds. The molecule has 0 radical (unpaired) electrons. The van der Waals surface area contributed by atoms with Gasteiger partial charge in [-0.2, -0.15) is 12.2 Å². The van der Waals surface area contributed by atoms with Gasteiger partial charge in [0.2, 0.25) is 0 Å². The fourth-order valence-electron chi connectivity index (χ4n) is 1.64. The predicted octanol–water partition coefficient (Wildman–Crippen LogP) is 5.90. The Morgan fingerprint density at radius 3 is 1.21 bits per heavy atom. The van der Waals surface area contributed by atoms with E-state index in [1.54, 1.807) is 0 Å². The van der Waals surface area contributed by atoms with Crippen molar-refractivity contribution < 1.29 is 25.8 Å². The van der Waals surface area contributed by atoms with E-state index in [1.807, 2.05) is 0 Å². The molecule has 0 saturated carbocycles. The molecule has 2 aliphatic carbocycles. The fourth-order valence-corrected chi connectivity index (χ4v) is 1.64. The molecule has 0 heterocycles. The van der Waals surface area contributed by atoms with E-state index in [0.29, 0.717) is 11.8 Å². The molecule has 0 unspecified atom stereocenters. The zero-order chi connectivity index (χ0) is 12.0. The quantitative estimate of drug-likeness (QED) is 0.199. The van der Waals surface area contributed by atoms with E-state index >= 15 is 0 Å². The van der Waals surface area contributed by atoms with Gasteiger partial charge >= 0.3 is 0 Å². The maximum atomic E-state index is 3.26. The van der Waals surface area contributed by atoms with Gasteiger partial charge in [-0.3, -0.25) is 12.2 Å². The first-order chi connectivity index (χ1) is 7.61. The summed E-state index contributed by atoms with van der Waals surface area (Å²) >= 11 is 0. The topological polar surface area (TPSA) is 0 Å². The Kier molecular flexibility index (Phi) is 18.9. The van der Waals surface area contributed by atoms with Gasteiger partial charge in [-0.25, -0.2) is 23.3 Å². The van der Waals surface area contributed by atoms with Crippen LogP contribution in [0.25, 0.3) is 0 Å². The van der Waals surface area contributed by atoms with E-state index in [1.165, 1.54) is 11.1 Å². The predicted molar refractivity (Wildman–Crippen MR) is 102 cm³/mol. The molecule has 0 bridgehead atoms. The first-order valence-corrected chi connectivity index (χ1v) is 6.15. The Hall–Kier alpha value is 1.29. The van der Waals surface area contributed by atoms with E-state index < -0.39 is 0 Å².